The second-order valence-electron chi connectivity index (χ2n) is 5.77. The van der Waals surface area contributed by atoms with Crippen LogP contribution in [0.15, 0.2) is 0 Å². The van der Waals surface area contributed by atoms with Crippen molar-refractivity contribution in [2.75, 3.05) is 13.2 Å². The zero-order chi connectivity index (χ0) is 14.4. The molecule has 0 aromatic rings. The van der Waals surface area contributed by atoms with E-state index in [4.69, 9.17) is 10.2 Å². The SMILES string of the molecule is CC(C)CC(O)CC(C)C.OCCCCCCO. The zero-order valence-electron chi connectivity index (χ0n) is 12.7. The van der Waals surface area contributed by atoms with Crippen LogP contribution in [0.1, 0.15) is 66.2 Å². The van der Waals surface area contributed by atoms with Gasteiger partial charge in [-0.2, -0.15) is 0 Å². The number of aliphatic hydroxyl groups is 3. The van der Waals surface area contributed by atoms with Gasteiger partial charge in [-0.05, 0) is 37.5 Å². The van der Waals surface area contributed by atoms with Crippen LogP contribution in [0.3, 0.4) is 0 Å². The fourth-order valence-corrected chi connectivity index (χ4v) is 1.76. The van der Waals surface area contributed by atoms with E-state index in [2.05, 4.69) is 27.7 Å². The Bertz CT molecular complexity index is 131. The number of rotatable bonds is 9. The van der Waals surface area contributed by atoms with E-state index in [9.17, 15) is 5.11 Å². The van der Waals surface area contributed by atoms with Gasteiger partial charge in [-0.3, -0.25) is 0 Å². The number of unbranched alkanes of at least 4 members (excludes halogenated alkanes) is 3. The van der Waals surface area contributed by atoms with Gasteiger partial charge in [0, 0.05) is 13.2 Å². The zero-order valence-corrected chi connectivity index (χ0v) is 12.7. The lowest BCUT2D eigenvalue weighted by molar-refractivity contribution is 0.125. The highest BCUT2D eigenvalue weighted by Crippen LogP contribution is 2.12. The summed E-state index contributed by atoms with van der Waals surface area (Å²) in [5.74, 6) is 1.24. The standard InChI is InChI=1S/C9H20O.C6H14O2/c1-7(2)5-9(10)6-8(3)4;7-5-3-1-2-4-6-8/h7-10H,5-6H2,1-4H3;7-8H,1-6H2. The third-order valence-electron chi connectivity index (χ3n) is 2.55. The molecule has 0 fully saturated rings. The van der Waals surface area contributed by atoms with Crippen LogP contribution in [0.2, 0.25) is 0 Å². The summed E-state index contributed by atoms with van der Waals surface area (Å²) in [5.41, 5.74) is 0. The molecular formula is C15H34O3. The molecule has 0 bridgehead atoms. The summed E-state index contributed by atoms with van der Waals surface area (Å²) in [6.45, 7) is 9.14. The molecule has 0 saturated carbocycles. The summed E-state index contributed by atoms with van der Waals surface area (Å²) in [6, 6.07) is 0. The summed E-state index contributed by atoms with van der Waals surface area (Å²) in [6.07, 6.45) is 5.63. The molecular weight excluding hydrogens is 228 g/mol. The molecule has 0 aromatic heterocycles. The molecule has 18 heavy (non-hydrogen) atoms. The minimum Gasteiger partial charge on any atom is -0.396 e. The lowest BCUT2D eigenvalue weighted by Gasteiger charge is -2.14. The third kappa shape index (κ3) is 21.2. The van der Waals surface area contributed by atoms with Crippen LogP contribution in [-0.4, -0.2) is 34.6 Å². The van der Waals surface area contributed by atoms with Crippen LogP contribution >= 0.6 is 0 Å². The quantitative estimate of drug-likeness (QED) is 0.560. The van der Waals surface area contributed by atoms with Gasteiger partial charge in [-0.1, -0.05) is 40.5 Å². The first-order chi connectivity index (χ1) is 8.43. The molecule has 0 rings (SSSR count). The first-order valence-corrected chi connectivity index (χ1v) is 7.33. The molecule has 0 heterocycles. The third-order valence-corrected chi connectivity index (χ3v) is 2.55. The van der Waals surface area contributed by atoms with Gasteiger partial charge in [-0.25, -0.2) is 0 Å². The molecule has 0 radical (unpaired) electrons. The van der Waals surface area contributed by atoms with Gasteiger partial charge in [0.1, 0.15) is 0 Å². The molecule has 3 heteroatoms. The Balaban J connectivity index is 0. The van der Waals surface area contributed by atoms with Crippen molar-refractivity contribution in [1.29, 1.82) is 0 Å². The van der Waals surface area contributed by atoms with Crippen LogP contribution in [-0.2, 0) is 0 Å². The van der Waals surface area contributed by atoms with E-state index in [1.807, 2.05) is 0 Å². The highest BCUT2D eigenvalue weighted by molar-refractivity contribution is 4.60. The number of aliphatic hydroxyl groups excluding tert-OH is 3. The molecule has 0 aromatic carbocycles. The normalized spacial score (nSPS) is 11.0. The molecule has 3 N–H and O–H groups in total. The van der Waals surface area contributed by atoms with Crippen molar-refractivity contribution in [1.82, 2.24) is 0 Å². The molecule has 0 aliphatic heterocycles. The molecule has 0 aliphatic rings. The van der Waals surface area contributed by atoms with Crippen molar-refractivity contribution in [2.45, 2.75) is 72.3 Å². The summed E-state index contributed by atoms with van der Waals surface area (Å²) in [7, 11) is 0. The molecule has 0 aliphatic carbocycles. The number of hydrogen-bond donors (Lipinski definition) is 3. The van der Waals surface area contributed by atoms with Crippen molar-refractivity contribution in [3.8, 4) is 0 Å². The Labute approximate surface area is 113 Å². The van der Waals surface area contributed by atoms with E-state index in [1.54, 1.807) is 0 Å². The maximum atomic E-state index is 9.39. The summed E-state index contributed by atoms with van der Waals surface area (Å²) in [5, 5.41) is 26.0. The summed E-state index contributed by atoms with van der Waals surface area (Å²) in [4.78, 5) is 0. The molecule has 0 saturated heterocycles. The van der Waals surface area contributed by atoms with Crippen LogP contribution < -0.4 is 0 Å². The Kier molecular flexibility index (Phi) is 16.8. The average molecular weight is 262 g/mol. The van der Waals surface area contributed by atoms with Gasteiger partial charge in [0.15, 0.2) is 0 Å². The topological polar surface area (TPSA) is 60.7 Å². The summed E-state index contributed by atoms with van der Waals surface area (Å²) >= 11 is 0. The molecule has 3 nitrogen and oxygen atoms in total. The van der Waals surface area contributed by atoms with E-state index in [0.29, 0.717) is 11.8 Å². The minimum absolute atomic E-state index is 0.0833. The Morgan fingerprint density at radius 1 is 0.667 bits per heavy atom. The fourth-order valence-electron chi connectivity index (χ4n) is 1.76. The van der Waals surface area contributed by atoms with Gasteiger partial charge in [-0.15, -0.1) is 0 Å². The van der Waals surface area contributed by atoms with Crippen LogP contribution in [0.25, 0.3) is 0 Å². The van der Waals surface area contributed by atoms with Gasteiger partial charge in [0.05, 0.1) is 6.10 Å². The van der Waals surface area contributed by atoms with Gasteiger partial charge in [0.2, 0.25) is 0 Å². The van der Waals surface area contributed by atoms with E-state index in [0.717, 1.165) is 38.5 Å². The van der Waals surface area contributed by atoms with Crippen molar-refractivity contribution in [3.05, 3.63) is 0 Å². The van der Waals surface area contributed by atoms with Crippen molar-refractivity contribution >= 4 is 0 Å². The van der Waals surface area contributed by atoms with Crippen molar-refractivity contribution < 1.29 is 15.3 Å². The maximum absolute atomic E-state index is 9.39. The minimum atomic E-state index is -0.0833. The average Bonchev–Trinajstić information content (AvgIpc) is 2.23. The molecule has 112 valence electrons. The van der Waals surface area contributed by atoms with E-state index < -0.39 is 0 Å². The molecule has 0 amide bonds. The molecule has 0 atom stereocenters. The Hall–Kier alpha value is -0.120. The van der Waals surface area contributed by atoms with Gasteiger partial charge in [0.25, 0.3) is 0 Å². The highest BCUT2D eigenvalue weighted by atomic mass is 16.3. The van der Waals surface area contributed by atoms with E-state index in [1.165, 1.54) is 0 Å². The second-order valence-corrected chi connectivity index (χ2v) is 5.77. The fraction of sp³-hybridized carbons (Fsp3) is 1.00. The summed E-state index contributed by atoms with van der Waals surface area (Å²) < 4.78 is 0. The van der Waals surface area contributed by atoms with Crippen LogP contribution in [0.4, 0.5) is 0 Å². The van der Waals surface area contributed by atoms with Crippen LogP contribution in [0.5, 0.6) is 0 Å². The maximum Gasteiger partial charge on any atom is 0.0545 e. The largest absolute Gasteiger partial charge is 0.396 e. The van der Waals surface area contributed by atoms with Crippen molar-refractivity contribution in [3.63, 3.8) is 0 Å². The first kappa shape index (κ1) is 20.2. The second kappa shape index (κ2) is 14.9. The molecule has 0 unspecified atom stereocenters. The monoisotopic (exact) mass is 262 g/mol. The Morgan fingerprint density at radius 3 is 1.22 bits per heavy atom. The lowest BCUT2D eigenvalue weighted by atomic mass is 9.98. The van der Waals surface area contributed by atoms with Crippen LogP contribution in [0, 0.1) is 11.8 Å². The predicted molar refractivity (Wildman–Crippen MR) is 77.6 cm³/mol. The van der Waals surface area contributed by atoms with E-state index >= 15 is 0 Å². The van der Waals surface area contributed by atoms with E-state index in [-0.39, 0.29) is 19.3 Å². The lowest BCUT2D eigenvalue weighted by Crippen LogP contribution is -2.12. The molecule has 0 spiro atoms. The van der Waals surface area contributed by atoms with Gasteiger partial charge < -0.3 is 15.3 Å². The number of hydrogen-bond acceptors (Lipinski definition) is 3. The first-order valence-electron chi connectivity index (χ1n) is 7.33. The van der Waals surface area contributed by atoms with Crippen molar-refractivity contribution in [2.24, 2.45) is 11.8 Å². The predicted octanol–water partition coefficient (Wildman–Crippen LogP) is 2.97. The Morgan fingerprint density at radius 2 is 1.00 bits per heavy atom. The smallest absolute Gasteiger partial charge is 0.0545 e. The highest BCUT2D eigenvalue weighted by Gasteiger charge is 2.07. The van der Waals surface area contributed by atoms with Gasteiger partial charge >= 0.3 is 0 Å².